The maximum atomic E-state index is 12.1. The molecule has 0 atom stereocenters. The molecule has 6 nitrogen and oxygen atoms in total. The maximum absolute atomic E-state index is 12.1. The van der Waals surface area contributed by atoms with Gasteiger partial charge in [-0.1, -0.05) is 13.8 Å². The number of nitrogen functional groups attached to an aromatic ring is 1. The molecule has 0 saturated carbocycles. The quantitative estimate of drug-likeness (QED) is 0.701. The number of rotatable bonds is 2. The number of carbonyl (C=O) groups excluding carboxylic acids is 1. The molecule has 6 heteroatoms. The minimum atomic E-state index is -0.306. The van der Waals surface area contributed by atoms with Gasteiger partial charge in [0.2, 0.25) is 5.95 Å². The Morgan fingerprint density at radius 3 is 2.96 bits per heavy atom. The zero-order chi connectivity index (χ0) is 17.8. The van der Waals surface area contributed by atoms with Crippen LogP contribution < -0.4 is 5.73 Å². The molecular formula is C19H20N4O2. The first-order chi connectivity index (χ1) is 11.9. The fraction of sp³-hybridized carbons (Fsp3) is 0.316. The number of nitrogens with zero attached hydrogens (tertiary/aromatic N) is 2. The summed E-state index contributed by atoms with van der Waals surface area (Å²) in [7, 11) is 0. The number of esters is 1. The van der Waals surface area contributed by atoms with Crippen molar-refractivity contribution in [1.82, 2.24) is 15.0 Å². The normalized spacial score (nSPS) is 14.8. The number of H-pyrrole nitrogens is 1. The van der Waals surface area contributed by atoms with Crippen molar-refractivity contribution in [2.45, 2.75) is 32.6 Å². The first kappa shape index (κ1) is 15.6. The number of carbonyl (C=O) groups is 1. The predicted molar refractivity (Wildman–Crippen MR) is 96.4 cm³/mol. The van der Waals surface area contributed by atoms with Gasteiger partial charge in [0.15, 0.2) is 0 Å². The molecule has 0 amide bonds. The molecule has 1 aromatic carbocycles. The van der Waals surface area contributed by atoms with Crippen LogP contribution in [-0.4, -0.2) is 27.5 Å². The smallest absolute Gasteiger partial charge is 0.338 e. The molecule has 3 N–H and O–H groups in total. The van der Waals surface area contributed by atoms with Gasteiger partial charge in [-0.3, -0.25) is 0 Å². The van der Waals surface area contributed by atoms with Gasteiger partial charge in [-0.25, -0.2) is 14.8 Å². The van der Waals surface area contributed by atoms with Crippen LogP contribution in [-0.2, 0) is 16.6 Å². The Hall–Kier alpha value is -2.89. The van der Waals surface area contributed by atoms with Crippen LogP contribution in [0.5, 0.6) is 0 Å². The summed E-state index contributed by atoms with van der Waals surface area (Å²) in [6.45, 7) is 6.54. The van der Waals surface area contributed by atoms with Crippen LogP contribution in [0, 0.1) is 0 Å². The summed E-state index contributed by atoms with van der Waals surface area (Å²) in [5, 5.41) is 1.02. The molecule has 1 aliphatic carbocycles. The summed E-state index contributed by atoms with van der Waals surface area (Å²) in [5.74, 6) is -0.0461. The van der Waals surface area contributed by atoms with Crippen molar-refractivity contribution in [2.24, 2.45) is 0 Å². The summed E-state index contributed by atoms with van der Waals surface area (Å²) in [4.78, 5) is 24.1. The standard InChI is InChI=1S/C19H20N4O2/c1-4-25-17(24)10-5-6-13-12(7-10)14-16(22-13)15-11(8-19(14,2)3)9-21-18(20)23-15/h5-7,9,22H,4,8H2,1-3H3,(H2,20,21,23). The number of aromatic amines is 1. The fourth-order valence-corrected chi connectivity index (χ4v) is 3.74. The number of aromatic nitrogens is 3. The predicted octanol–water partition coefficient (Wildman–Crippen LogP) is 3.22. The van der Waals surface area contributed by atoms with Gasteiger partial charge in [-0.2, -0.15) is 0 Å². The number of nitrogens with two attached hydrogens (primary N) is 1. The van der Waals surface area contributed by atoms with Gasteiger partial charge in [0, 0.05) is 17.1 Å². The number of anilines is 1. The van der Waals surface area contributed by atoms with E-state index in [1.54, 1.807) is 19.2 Å². The van der Waals surface area contributed by atoms with Crippen LogP contribution >= 0.6 is 0 Å². The average molecular weight is 336 g/mol. The largest absolute Gasteiger partial charge is 0.462 e. The molecule has 0 saturated heterocycles. The van der Waals surface area contributed by atoms with Crippen LogP contribution in [0.25, 0.3) is 22.3 Å². The van der Waals surface area contributed by atoms with E-state index in [9.17, 15) is 4.79 Å². The van der Waals surface area contributed by atoms with Crippen LogP contribution in [0.1, 0.15) is 42.3 Å². The molecule has 25 heavy (non-hydrogen) atoms. The molecule has 4 rings (SSSR count). The molecule has 3 aromatic rings. The lowest BCUT2D eigenvalue weighted by molar-refractivity contribution is 0.0526. The lowest BCUT2D eigenvalue weighted by atomic mass is 9.73. The number of nitrogens with one attached hydrogen (secondary N) is 1. The highest BCUT2D eigenvalue weighted by molar-refractivity contribution is 5.99. The average Bonchev–Trinajstić information content (AvgIpc) is 2.95. The summed E-state index contributed by atoms with van der Waals surface area (Å²) in [6.07, 6.45) is 2.62. The second-order valence-electron chi connectivity index (χ2n) is 7.02. The van der Waals surface area contributed by atoms with Gasteiger partial charge in [-0.05, 0) is 48.1 Å². The van der Waals surface area contributed by atoms with Gasteiger partial charge >= 0.3 is 5.97 Å². The van der Waals surface area contributed by atoms with Gasteiger partial charge in [0.05, 0.1) is 23.6 Å². The summed E-state index contributed by atoms with van der Waals surface area (Å²) in [6, 6.07) is 5.60. The first-order valence-corrected chi connectivity index (χ1v) is 8.36. The second-order valence-corrected chi connectivity index (χ2v) is 7.02. The Balaban J connectivity index is 1.98. The first-order valence-electron chi connectivity index (χ1n) is 8.36. The van der Waals surface area contributed by atoms with E-state index in [1.807, 2.05) is 12.1 Å². The Morgan fingerprint density at radius 1 is 1.40 bits per heavy atom. The number of benzene rings is 1. The Morgan fingerprint density at radius 2 is 2.20 bits per heavy atom. The molecule has 0 fully saturated rings. The summed E-state index contributed by atoms with van der Waals surface area (Å²) in [5.41, 5.74) is 11.2. The third-order valence-electron chi connectivity index (χ3n) is 4.74. The minimum absolute atomic E-state index is 0.118. The SMILES string of the molecule is CCOC(=O)c1ccc2[nH]c3c(c2c1)C(C)(C)Cc1cnc(N)nc1-3. The van der Waals surface area contributed by atoms with Crippen molar-refractivity contribution < 1.29 is 9.53 Å². The topological polar surface area (TPSA) is 93.9 Å². The van der Waals surface area contributed by atoms with Crippen LogP contribution in [0.2, 0.25) is 0 Å². The lowest BCUT2D eigenvalue weighted by Gasteiger charge is -2.31. The molecule has 0 unspecified atom stereocenters. The molecular weight excluding hydrogens is 316 g/mol. The van der Waals surface area contributed by atoms with Gasteiger partial charge in [0.1, 0.15) is 0 Å². The molecule has 0 bridgehead atoms. The van der Waals surface area contributed by atoms with Crippen molar-refractivity contribution in [3.05, 3.63) is 41.1 Å². The highest BCUT2D eigenvalue weighted by Crippen LogP contribution is 2.45. The summed E-state index contributed by atoms with van der Waals surface area (Å²) < 4.78 is 5.14. The van der Waals surface area contributed by atoms with E-state index in [0.717, 1.165) is 39.8 Å². The van der Waals surface area contributed by atoms with Crippen molar-refractivity contribution in [1.29, 1.82) is 0 Å². The zero-order valence-corrected chi connectivity index (χ0v) is 14.5. The maximum Gasteiger partial charge on any atom is 0.338 e. The van der Waals surface area contributed by atoms with Gasteiger partial charge < -0.3 is 15.5 Å². The minimum Gasteiger partial charge on any atom is -0.462 e. The van der Waals surface area contributed by atoms with Crippen molar-refractivity contribution in [2.75, 3.05) is 12.3 Å². The number of hydrogen-bond acceptors (Lipinski definition) is 5. The van der Waals surface area contributed by atoms with E-state index < -0.39 is 0 Å². The van der Waals surface area contributed by atoms with E-state index in [2.05, 4.69) is 28.8 Å². The molecule has 0 spiro atoms. The molecule has 0 radical (unpaired) electrons. The monoisotopic (exact) mass is 336 g/mol. The van der Waals surface area contributed by atoms with E-state index in [0.29, 0.717) is 12.2 Å². The van der Waals surface area contributed by atoms with Crippen LogP contribution in [0.15, 0.2) is 24.4 Å². The van der Waals surface area contributed by atoms with Crippen molar-refractivity contribution in [3.63, 3.8) is 0 Å². The van der Waals surface area contributed by atoms with Crippen LogP contribution in [0.3, 0.4) is 0 Å². The number of fused-ring (bicyclic) bond motifs is 5. The van der Waals surface area contributed by atoms with Gasteiger partial charge in [0.25, 0.3) is 0 Å². The second kappa shape index (κ2) is 5.31. The number of ether oxygens (including phenoxy) is 1. The third kappa shape index (κ3) is 2.36. The number of hydrogen-bond donors (Lipinski definition) is 2. The summed E-state index contributed by atoms with van der Waals surface area (Å²) >= 11 is 0. The highest BCUT2D eigenvalue weighted by atomic mass is 16.5. The molecule has 128 valence electrons. The van der Waals surface area contributed by atoms with Crippen LogP contribution in [0.4, 0.5) is 5.95 Å². The Bertz CT molecular complexity index is 1000. The van der Waals surface area contributed by atoms with E-state index >= 15 is 0 Å². The van der Waals surface area contributed by atoms with E-state index in [-0.39, 0.29) is 17.3 Å². The van der Waals surface area contributed by atoms with E-state index in [1.165, 1.54) is 0 Å². The Kier molecular flexibility index (Phi) is 3.32. The molecule has 2 heterocycles. The fourth-order valence-electron chi connectivity index (χ4n) is 3.74. The lowest BCUT2D eigenvalue weighted by Crippen LogP contribution is -2.26. The molecule has 0 aliphatic heterocycles. The van der Waals surface area contributed by atoms with Crippen molar-refractivity contribution >= 4 is 22.8 Å². The van der Waals surface area contributed by atoms with Gasteiger partial charge in [-0.15, -0.1) is 0 Å². The Labute approximate surface area is 145 Å². The molecule has 1 aliphatic rings. The highest BCUT2D eigenvalue weighted by Gasteiger charge is 2.35. The van der Waals surface area contributed by atoms with E-state index in [4.69, 9.17) is 10.5 Å². The van der Waals surface area contributed by atoms with Crippen molar-refractivity contribution in [3.8, 4) is 11.4 Å². The molecule has 2 aromatic heterocycles. The third-order valence-corrected chi connectivity index (χ3v) is 4.74. The zero-order valence-electron chi connectivity index (χ0n) is 14.5.